The SMILES string of the molecule is CC(C)(C)OC(=O)N1CC(=O)NCCNC(=O)C(Cc2ccc(I)cc2)NC(=O)C1. The summed E-state index contributed by atoms with van der Waals surface area (Å²) in [5.41, 5.74) is 0.112. The third-order valence-corrected chi connectivity index (χ3v) is 4.79. The molecule has 1 aromatic carbocycles. The lowest BCUT2D eigenvalue weighted by Gasteiger charge is -2.28. The number of carbonyl (C=O) groups excluding carboxylic acids is 4. The van der Waals surface area contributed by atoms with Crippen LogP contribution in [0.15, 0.2) is 24.3 Å². The molecule has 1 heterocycles. The Bertz CT molecular complexity index is 791. The Kier molecular flexibility index (Phi) is 8.44. The van der Waals surface area contributed by atoms with Crippen molar-refractivity contribution in [3.63, 3.8) is 0 Å². The molecular weight excluding hydrogens is 503 g/mol. The normalized spacial score (nSPS) is 19.0. The molecule has 4 amide bonds. The van der Waals surface area contributed by atoms with Gasteiger partial charge in [-0.25, -0.2) is 4.79 Å². The average molecular weight is 530 g/mol. The molecule has 0 radical (unpaired) electrons. The lowest BCUT2D eigenvalue weighted by molar-refractivity contribution is -0.130. The zero-order valence-corrected chi connectivity index (χ0v) is 19.4. The largest absolute Gasteiger partial charge is 0.444 e. The van der Waals surface area contributed by atoms with E-state index in [1.807, 2.05) is 24.3 Å². The second-order valence-electron chi connectivity index (χ2n) is 7.93. The number of rotatable bonds is 2. The predicted molar refractivity (Wildman–Crippen MR) is 119 cm³/mol. The molecular formula is C20H27IN4O5. The summed E-state index contributed by atoms with van der Waals surface area (Å²) in [5, 5.41) is 8.01. The minimum absolute atomic E-state index is 0.204. The van der Waals surface area contributed by atoms with Crippen molar-refractivity contribution in [1.82, 2.24) is 20.9 Å². The van der Waals surface area contributed by atoms with Gasteiger partial charge in [0, 0.05) is 23.1 Å². The highest BCUT2D eigenvalue weighted by atomic mass is 127. The molecule has 1 atom stereocenters. The first-order chi connectivity index (χ1) is 14.0. The second kappa shape index (κ2) is 10.6. The van der Waals surface area contributed by atoms with Crippen LogP contribution in [0.4, 0.5) is 4.79 Å². The molecule has 2 rings (SSSR count). The van der Waals surface area contributed by atoms with E-state index in [1.54, 1.807) is 20.8 Å². The van der Waals surface area contributed by atoms with Crippen molar-refractivity contribution >= 4 is 46.4 Å². The molecule has 1 fully saturated rings. The Morgan fingerprint density at radius 2 is 1.67 bits per heavy atom. The molecule has 0 aliphatic carbocycles. The van der Waals surface area contributed by atoms with Crippen LogP contribution in [0.3, 0.4) is 0 Å². The molecule has 0 spiro atoms. The molecule has 164 valence electrons. The summed E-state index contributed by atoms with van der Waals surface area (Å²) in [5.74, 6) is -1.36. The summed E-state index contributed by atoms with van der Waals surface area (Å²) in [7, 11) is 0. The van der Waals surface area contributed by atoms with E-state index in [1.165, 1.54) is 0 Å². The molecule has 0 bridgehead atoms. The van der Waals surface area contributed by atoms with Gasteiger partial charge in [-0.05, 0) is 61.1 Å². The number of ether oxygens (including phenoxy) is 1. The highest BCUT2D eigenvalue weighted by Crippen LogP contribution is 2.11. The van der Waals surface area contributed by atoms with Crippen LogP contribution in [-0.4, -0.2) is 66.5 Å². The van der Waals surface area contributed by atoms with Crippen molar-refractivity contribution < 1.29 is 23.9 Å². The molecule has 10 heteroatoms. The number of nitrogens with one attached hydrogen (secondary N) is 3. The molecule has 1 aliphatic rings. The lowest BCUT2D eigenvalue weighted by Crippen LogP contribution is -2.54. The fourth-order valence-electron chi connectivity index (χ4n) is 2.73. The fraction of sp³-hybridized carbons (Fsp3) is 0.500. The maximum Gasteiger partial charge on any atom is 0.411 e. The Morgan fingerprint density at radius 1 is 1.07 bits per heavy atom. The number of benzene rings is 1. The smallest absolute Gasteiger partial charge is 0.411 e. The Hall–Kier alpha value is -2.37. The van der Waals surface area contributed by atoms with E-state index in [0.717, 1.165) is 14.0 Å². The van der Waals surface area contributed by atoms with E-state index in [2.05, 4.69) is 38.5 Å². The van der Waals surface area contributed by atoms with Crippen molar-refractivity contribution in [1.29, 1.82) is 0 Å². The zero-order chi connectivity index (χ0) is 22.3. The summed E-state index contributed by atoms with van der Waals surface area (Å²) in [6.45, 7) is 4.78. The number of hydrogen-bond donors (Lipinski definition) is 3. The van der Waals surface area contributed by atoms with Crippen molar-refractivity contribution in [3.05, 3.63) is 33.4 Å². The second-order valence-corrected chi connectivity index (χ2v) is 9.17. The van der Waals surface area contributed by atoms with Gasteiger partial charge in [0.05, 0.1) is 0 Å². The van der Waals surface area contributed by atoms with E-state index in [0.29, 0.717) is 6.42 Å². The van der Waals surface area contributed by atoms with E-state index >= 15 is 0 Å². The molecule has 3 N–H and O–H groups in total. The Balaban J connectivity index is 2.17. The van der Waals surface area contributed by atoms with Crippen LogP contribution in [0.2, 0.25) is 0 Å². The average Bonchev–Trinajstić information content (AvgIpc) is 2.63. The van der Waals surface area contributed by atoms with Crippen LogP contribution < -0.4 is 16.0 Å². The number of hydrogen-bond acceptors (Lipinski definition) is 5. The zero-order valence-electron chi connectivity index (χ0n) is 17.3. The van der Waals surface area contributed by atoms with Crippen molar-refractivity contribution in [2.24, 2.45) is 0 Å². The van der Waals surface area contributed by atoms with Gasteiger partial charge in [0.2, 0.25) is 17.7 Å². The van der Waals surface area contributed by atoms with Crippen LogP contribution in [0, 0.1) is 3.57 Å². The molecule has 0 aromatic heterocycles. The van der Waals surface area contributed by atoms with Gasteiger partial charge in [0.25, 0.3) is 0 Å². The molecule has 1 aromatic rings. The number of halogens is 1. The highest BCUT2D eigenvalue weighted by molar-refractivity contribution is 14.1. The van der Waals surface area contributed by atoms with Crippen LogP contribution >= 0.6 is 22.6 Å². The summed E-state index contributed by atoms with van der Waals surface area (Å²) < 4.78 is 6.36. The quantitative estimate of drug-likeness (QED) is 0.490. The molecule has 9 nitrogen and oxygen atoms in total. The summed E-state index contributed by atoms with van der Waals surface area (Å²) in [6.07, 6.45) is -0.476. The van der Waals surface area contributed by atoms with Gasteiger partial charge in [0.15, 0.2) is 0 Å². The van der Waals surface area contributed by atoms with E-state index in [4.69, 9.17) is 4.74 Å². The van der Waals surface area contributed by atoms with Gasteiger partial charge in [-0.2, -0.15) is 0 Å². The number of nitrogens with zero attached hydrogens (tertiary/aromatic N) is 1. The first kappa shape index (κ1) is 23.9. The summed E-state index contributed by atoms with van der Waals surface area (Å²) >= 11 is 2.19. The van der Waals surface area contributed by atoms with Gasteiger partial charge in [0.1, 0.15) is 24.7 Å². The lowest BCUT2D eigenvalue weighted by atomic mass is 10.1. The highest BCUT2D eigenvalue weighted by Gasteiger charge is 2.28. The Morgan fingerprint density at radius 3 is 2.30 bits per heavy atom. The van der Waals surface area contributed by atoms with Gasteiger partial charge in [-0.15, -0.1) is 0 Å². The fourth-order valence-corrected chi connectivity index (χ4v) is 3.09. The molecule has 0 saturated carbocycles. The van der Waals surface area contributed by atoms with E-state index in [-0.39, 0.29) is 25.5 Å². The maximum absolute atomic E-state index is 12.6. The maximum atomic E-state index is 12.6. The molecule has 1 saturated heterocycles. The van der Waals surface area contributed by atoms with E-state index in [9.17, 15) is 19.2 Å². The first-order valence-electron chi connectivity index (χ1n) is 9.59. The van der Waals surface area contributed by atoms with Crippen LogP contribution in [-0.2, 0) is 25.5 Å². The van der Waals surface area contributed by atoms with Crippen LogP contribution in [0.1, 0.15) is 26.3 Å². The first-order valence-corrected chi connectivity index (χ1v) is 10.7. The Labute approximate surface area is 189 Å². The molecule has 1 aliphatic heterocycles. The van der Waals surface area contributed by atoms with Gasteiger partial charge < -0.3 is 20.7 Å². The molecule has 30 heavy (non-hydrogen) atoms. The molecule has 1 unspecified atom stereocenters. The minimum Gasteiger partial charge on any atom is -0.444 e. The minimum atomic E-state index is -0.812. The van der Waals surface area contributed by atoms with Gasteiger partial charge >= 0.3 is 6.09 Å². The standard InChI is InChI=1S/C20H27IN4O5/c1-20(2,3)30-19(29)25-11-16(26)22-8-9-23-18(28)15(24-17(27)12-25)10-13-4-6-14(21)7-5-13/h4-7,15H,8-12H2,1-3H3,(H,22,26)(H,23,28)(H,24,27). The predicted octanol–water partition coefficient (Wildman–Crippen LogP) is 0.802. The summed E-state index contributed by atoms with van der Waals surface area (Å²) in [4.78, 5) is 50.8. The van der Waals surface area contributed by atoms with Crippen molar-refractivity contribution in [2.75, 3.05) is 26.2 Å². The number of amides is 4. The third-order valence-electron chi connectivity index (χ3n) is 4.07. The summed E-state index contributed by atoms with van der Waals surface area (Å²) in [6, 6.07) is 6.82. The topological polar surface area (TPSA) is 117 Å². The van der Waals surface area contributed by atoms with Crippen molar-refractivity contribution in [3.8, 4) is 0 Å². The van der Waals surface area contributed by atoms with Crippen molar-refractivity contribution in [2.45, 2.75) is 38.8 Å². The van der Waals surface area contributed by atoms with Gasteiger partial charge in [-0.1, -0.05) is 12.1 Å². The number of carbonyl (C=O) groups is 4. The monoisotopic (exact) mass is 530 g/mol. The van der Waals surface area contributed by atoms with Crippen LogP contribution in [0.5, 0.6) is 0 Å². The third kappa shape index (κ3) is 8.17. The van der Waals surface area contributed by atoms with Gasteiger partial charge in [-0.3, -0.25) is 19.3 Å². The van der Waals surface area contributed by atoms with Crippen LogP contribution in [0.25, 0.3) is 0 Å². The van der Waals surface area contributed by atoms with E-state index < -0.39 is 36.1 Å².